The SMILES string of the molecule is O=Cc1ccnc(OC(F)F)c1. The molecule has 0 bridgehead atoms. The van der Waals surface area contributed by atoms with Gasteiger partial charge in [-0.1, -0.05) is 0 Å². The van der Waals surface area contributed by atoms with Crippen molar-refractivity contribution in [1.82, 2.24) is 4.98 Å². The zero-order valence-corrected chi connectivity index (χ0v) is 5.91. The Morgan fingerprint density at radius 3 is 2.92 bits per heavy atom. The van der Waals surface area contributed by atoms with Crippen molar-refractivity contribution in [1.29, 1.82) is 0 Å². The lowest BCUT2D eigenvalue weighted by Gasteiger charge is -2.01. The number of aldehydes is 1. The van der Waals surface area contributed by atoms with Crippen molar-refractivity contribution in [2.75, 3.05) is 0 Å². The molecule has 0 unspecified atom stereocenters. The molecule has 0 aliphatic carbocycles. The van der Waals surface area contributed by atoms with E-state index in [0.29, 0.717) is 6.29 Å². The smallest absolute Gasteiger partial charge is 0.388 e. The van der Waals surface area contributed by atoms with Crippen LogP contribution in [0.25, 0.3) is 0 Å². The van der Waals surface area contributed by atoms with Crippen LogP contribution in [0.2, 0.25) is 0 Å². The third-order valence-corrected chi connectivity index (χ3v) is 1.10. The molecule has 3 nitrogen and oxygen atoms in total. The zero-order valence-electron chi connectivity index (χ0n) is 5.91. The fourth-order valence-corrected chi connectivity index (χ4v) is 0.654. The highest BCUT2D eigenvalue weighted by atomic mass is 19.3. The molecular formula is C7H5F2NO2. The summed E-state index contributed by atoms with van der Waals surface area (Å²) >= 11 is 0. The van der Waals surface area contributed by atoms with E-state index in [9.17, 15) is 13.6 Å². The van der Waals surface area contributed by atoms with Gasteiger partial charge in [-0.15, -0.1) is 0 Å². The number of nitrogens with zero attached hydrogens (tertiary/aromatic N) is 1. The first kappa shape index (κ1) is 8.58. The maximum atomic E-state index is 11.6. The molecule has 0 saturated carbocycles. The van der Waals surface area contributed by atoms with Crippen LogP contribution < -0.4 is 4.74 Å². The number of alkyl halides is 2. The van der Waals surface area contributed by atoms with E-state index in [4.69, 9.17) is 0 Å². The van der Waals surface area contributed by atoms with E-state index in [1.54, 1.807) is 0 Å². The summed E-state index contributed by atoms with van der Waals surface area (Å²) in [5, 5.41) is 0. The normalized spacial score (nSPS) is 9.92. The molecule has 64 valence electrons. The van der Waals surface area contributed by atoms with Crippen LogP contribution in [0.4, 0.5) is 8.78 Å². The van der Waals surface area contributed by atoms with Crippen LogP contribution in [-0.4, -0.2) is 17.9 Å². The zero-order chi connectivity index (χ0) is 8.97. The van der Waals surface area contributed by atoms with Gasteiger partial charge in [0, 0.05) is 17.8 Å². The maximum Gasteiger partial charge on any atom is 0.388 e. The molecule has 0 aliphatic rings. The van der Waals surface area contributed by atoms with Gasteiger partial charge in [0.15, 0.2) is 0 Å². The standard InChI is InChI=1S/C7H5F2NO2/c8-7(9)12-6-3-5(4-11)1-2-10-6/h1-4,7H. The number of hydrogen-bond acceptors (Lipinski definition) is 3. The number of ether oxygens (including phenoxy) is 1. The summed E-state index contributed by atoms with van der Waals surface area (Å²) in [6.45, 7) is -2.92. The lowest BCUT2D eigenvalue weighted by Crippen LogP contribution is -2.03. The molecule has 0 N–H and O–H groups in total. The fourth-order valence-electron chi connectivity index (χ4n) is 0.654. The second-order valence-electron chi connectivity index (χ2n) is 1.92. The first-order chi connectivity index (χ1) is 5.72. The highest BCUT2D eigenvalue weighted by molar-refractivity contribution is 5.74. The summed E-state index contributed by atoms with van der Waals surface area (Å²) in [6.07, 6.45) is 1.75. The summed E-state index contributed by atoms with van der Waals surface area (Å²) in [6, 6.07) is 2.53. The van der Waals surface area contributed by atoms with Crippen LogP contribution in [0.5, 0.6) is 5.88 Å². The maximum absolute atomic E-state index is 11.6. The molecule has 0 spiro atoms. The molecule has 1 heterocycles. The Balaban J connectivity index is 2.79. The molecule has 0 aliphatic heterocycles. The Kier molecular flexibility index (Phi) is 2.68. The van der Waals surface area contributed by atoms with Crippen LogP contribution in [-0.2, 0) is 0 Å². The van der Waals surface area contributed by atoms with Crippen molar-refractivity contribution in [3.63, 3.8) is 0 Å². The Morgan fingerprint density at radius 2 is 2.33 bits per heavy atom. The fraction of sp³-hybridized carbons (Fsp3) is 0.143. The Bertz CT molecular complexity index is 278. The third-order valence-electron chi connectivity index (χ3n) is 1.10. The predicted octanol–water partition coefficient (Wildman–Crippen LogP) is 1.50. The Hall–Kier alpha value is -1.52. The lowest BCUT2D eigenvalue weighted by molar-refractivity contribution is -0.0528. The monoisotopic (exact) mass is 173 g/mol. The number of halogens is 2. The van der Waals surface area contributed by atoms with Crippen molar-refractivity contribution < 1.29 is 18.3 Å². The predicted molar refractivity (Wildman–Crippen MR) is 36.3 cm³/mol. The van der Waals surface area contributed by atoms with Crippen molar-refractivity contribution in [3.05, 3.63) is 23.9 Å². The highest BCUT2D eigenvalue weighted by Gasteiger charge is 2.04. The van der Waals surface area contributed by atoms with Gasteiger partial charge in [0.2, 0.25) is 5.88 Å². The Labute approximate surface area is 67.0 Å². The van der Waals surface area contributed by atoms with Crippen molar-refractivity contribution in [2.24, 2.45) is 0 Å². The van der Waals surface area contributed by atoms with Gasteiger partial charge in [-0.2, -0.15) is 8.78 Å². The van der Waals surface area contributed by atoms with E-state index in [0.717, 1.165) is 6.07 Å². The van der Waals surface area contributed by atoms with Gasteiger partial charge >= 0.3 is 6.61 Å². The molecule has 0 amide bonds. The van der Waals surface area contributed by atoms with E-state index < -0.39 is 6.61 Å². The number of rotatable bonds is 3. The molecule has 5 heteroatoms. The minimum absolute atomic E-state index is 0.251. The third kappa shape index (κ3) is 2.26. The van der Waals surface area contributed by atoms with Gasteiger partial charge in [-0.25, -0.2) is 4.98 Å². The summed E-state index contributed by atoms with van der Waals surface area (Å²) in [7, 11) is 0. The summed E-state index contributed by atoms with van der Waals surface area (Å²) < 4.78 is 27.2. The molecule has 0 aromatic carbocycles. The lowest BCUT2D eigenvalue weighted by atomic mass is 10.3. The quantitative estimate of drug-likeness (QED) is 0.650. The minimum atomic E-state index is -2.92. The molecule has 1 aromatic rings. The Morgan fingerprint density at radius 1 is 1.58 bits per heavy atom. The number of carbonyl (C=O) groups excluding carboxylic acids is 1. The molecule has 1 rings (SSSR count). The highest BCUT2D eigenvalue weighted by Crippen LogP contribution is 2.10. The van der Waals surface area contributed by atoms with Crippen LogP contribution in [0.1, 0.15) is 10.4 Å². The van der Waals surface area contributed by atoms with Gasteiger partial charge in [0.25, 0.3) is 0 Å². The number of aromatic nitrogens is 1. The molecular weight excluding hydrogens is 168 g/mol. The molecule has 0 atom stereocenters. The average Bonchev–Trinajstić information content (AvgIpc) is 2.03. The summed E-state index contributed by atoms with van der Waals surface area (Å²) in [5.41, 5.74) is 0.251. The molecule has 0 saturated heterocycles. The van der Waals surface area contributed by atoms with Crippen LogP contribution in [0.3, 0.4) is 0 Å². The first-order valence-electron chi connectivity index (χ1n) is 3.08. The number of carbonyl (C=O) groups is 1. The second-order valence-corrected chi connectivity index (χ2v) is 1.92. The van der Waals surface area contributed by atoms with Crippen LogP contribution in [0, 0.1) is 0 Å². The largest absolute Gasteiger partial charge is 0.417 e. The van der Waals surface area contributed by atoms with E-state index >= 15 is 0 Å². The van der Waals surface area contributed by atoms with Crippen molar-refractivity contribution >= 4 is 6.29 Å². The molecule has 12 heavy (non-hydrogen) atoms. The molecule has 0 fully saturated rings. The first-order valence-corrected chi connectivity index (χ1v) is 3.08. The van der Waals surface area contributed by atoms with Crippen LogP contribution in [0.15, 0.2) is 18.3 Å². The summed E-state index contributed by atoms with van der Waals surface area (Å²) in [5.74, 6) is -0.255. The van der Waals surface area contributed by atoms with Crippen molar-refractivity contribution in [2.45, 2.75) is 6.61 Å². The van der Waals surface area contributed by atoms with Gasteiger partial charge in [0.05, 0.1) is 0 Å². The van der Waals surface area contributed by atoms with Gasteiger partial charge in [-0.05, 0) is 6.07 Å². The second kappa shape index (κ2) is 3.75. The van der Waals surface area contributed by atoms with Crippen molar-refractivity contribution in [3.8, 4) is 5.88 Å². The number of hydrogen-bond donors (Lipinski definition) is 0. The van der Waals surface area contributed by atoms with E-state index in [-0.39, 0.29) is 11.4 Å². The van der Waals surface area contributed by atoms with E-state index in [2.05, 4.69) is 9.72 Å². The average molecular weight is 173 g/mol. The summed E-state index contributed by atoms with van der Waals surface area (Å²) in [4.78, 5) is 13.6. The minimum Gasteiger partial charge on any atom is -0.417 e. The molecule has 1 aromatic heterocycles. The topological polar surface area (TPSA) is 39.2 Å². The van der Waals surface area contributed by atoms with Crippen LogP contribution >= 0.6 is 0 Å². The van der Waals surface area contributed by atoms with Gasteiger partial charge in [-0.3, -0.25) is 4.79 Å². The van der Waals surface area contributed by atoms with E-state index in [1.807, 2.05) is 0 Å². The van der Waals surface area contributed by atoms with Gasteiger partial charge in [0.1, 0.15) is 6.29 Å². The number of pyridine rings is 1. The van der Waals surface area contributed by atoms with Gasteiger partial charge < -0.3 is 4.74 Å². The molecule has 0 radical (unpaired) electrons. The van der Waals surface area contributed by atoms with E-state index in [1.165, 1.54) is 12.3 Å².